The van der Waals surface area contributed by atoms with Crippen LogP contribution in [0.25, 0.3) is 0 Å². The monoisotopic (exact) mass is 290 g/mol. The molecular formula is C18H26O3. The van der Waals surface area contributed by atoms with E-state index in [4.69, 9.17) is 9.47 Å². The van der Waals surface area contributed by atoms with Crippen LogP contribution < -0.4 is 0 Å². The molecule has 0 amide bonds. The highest BCUT2D eigenvalue weighted by Gasteiger charge is 1.97. The summed E-state index contributed by atoms with van der Waals surface area (Å²) in [6, 6.07) is 9.89. The Morgan fingerprint density at radius 1 is 1.10 bits per heavy atom. The van der Waals surface area contributed by atoms with Crippen molar-refractivity contribution in [2.24, 2.45) is 0 Å². The third-order valence-corrected chi connectivity index (χ3v) is 3.19. The summed E-state index contributed by atoms with van der Waals surface area (Å²) in [6.07, 6.45) is 9.60. The quantitative estimate of drug-likeness (QED) is 0.185. The Balaban J connectivity index is 2.11. The van der Waals surface area contributed by atoms with E-state index in [9.17, 15) is 4.79 Å². The van der Waals surface area contributed by atoms with Crippen LogP contribution in [-0.4, -0.2) is 13.1 Å². The zero-order valence-corrected chi connectivity index (χ0v) is 12.9. The molecule has 1 aromatic carbocycles. The summed E-state index contributed by atoms with van der Waals surface area (Å²) >= 11 is 0. The predicted octanol–water partition coefficient (Wildman–Crippen LogP) is 4.62. The largest absolute Gasteiger partial charge is 0.464 e. The zero-order chi connectivity index (χ0) is 15.2. The number of hydrogen-bond acceptors (Lipinski definition) is 3. The number of unbranched alkanes of at least 4 members (excludes halogenated alkanes) is 5. The Kier molecular flexibility index (Phi) is 10.1. The van der Waals surface area contributed by atoms with Gasteiger partial charge in [0, 0.05) is 0 Å². The van der Waals surface area contributed by atoms with Crippen molar-refractivity contribution in [3.8, 4) is 0 Å². The van der Waals surface area contributed by atoms with Gasteiger partial charge >= 0.3 is 0 Å². The van der Waals surface area contributed by atoms with Gasteiger partial charge in [0.25, 0.3) is 0 Å². The third-order valence-electron chi connectivity index (χ3n) is 3.19. The first-order valence-corrected chi connectivity index (χ1v) is 7.76. The molecule has 0 fully saturated rings. The molecule has 0 unspecified atom stereocenters. The van der Waals surface area contributed by atoms with E-state index in [1.54, 1.807) is 0 Å². The summed E-state index contributed by atoms with van der Waals surface area (Å²) < 4.78 is 10.7. The second kappa shape index (κ2) is 12.2. The van der Waals surface area contributed by atoms with Crippen molar-refractivity contribution in [1.29, 1.82) is 0 Å². The molecule has 0 saturated carbocycles. The molecule has 1 rings (SSSR count). The number of benzene rings is 1. The van der Waals surface area contributed by atoms with E-state index in [1.807, 2.05) is 36.4 Å². The Hall–Kier alpha value is -1.61. The van der Waals surface area contributed by atoms with Crippen LogP contribution in [0.15, 0.2) is 42.2 Å². The van der Waals surface area contributed by atoms with Crippen LogP contribution in [0.3, 0.4) is 0 Å². The topological polar surface area (TPSA) is 35.5 Å². The molecule has 0 heterocycles. The molecule has 116 valence electrons. The zero-order valence-electron chi connectivity index (χ0n) is 12.9. The van der Waals surface area contributed by atoms with Gasteiger partial charge in [-0.05, 0) is 24.5 Å². The maximum atomic E-state index is 10.9. The fourth-order valence-corrected chi connectivity index (χ4v) is 1.98. The molecule has 0 spiro atoms. The Bertz CT molecular complexity index is 398. The van der Waals surface area contributed by atoms with Gasteiger partial charge in [0.2, 0.25) is 0 Å². The summed E-state index contributed by atoms with van der Waals surface area (Å²) in [5.74, 6) is 0.374. The van der Waals surface area contributed by atoms with Gasteiger partial charge < -0.3 is 9.47 Å². The van der Waals surface area contributed by atoms with Gasteiger partial charge in [0.15, 0.2) is 18.8 Å². The van der Waals surface area contributed by atoms with Crippen molar-refractivity contribution >= 4 is 6.29 Å². The van der Waals surface area contributed by atoms with E-state index in [-0.39, 0.29) is 6.79 Å². The predicted molar refractivity (Wildman–Crippen MR) is 84.7 cm³/mol. The number of ether oxygens (including phenoxy) is 2. The standard InChI is InChI=1S/C18H26O3/c1-2-3-4-5-6-10-13-18(14-19)21-16-20-15-17-11-8-7-9-12-17/h7-9,11-14H,2-6,10,15-16H2,1H3/b18-13+. The smallest absolute Gasteiger partial charge is 0.189 e. The lowest BCUT2D eigenvalue weighted by Gasteiger charge is -2.07. The SMILES string of the molecule is CCCCCCC/C=C(\C=O)OCOCc1ccccc1. The third kappa shape index (κ3) is 9.03. The van der Waals surface area contributed by atoms with Gasteiger partial charge in [0.05, 0.1) is 6.61 Å². The molecule has 3 nitrogen and oxygen atoms in total. The first-order valence-electron chi connectivity index (χ1n) is 7.76. The van der Waals surface area contributed by atoms with E-state index in [1.165, 1.54) is 25.7 Å². The minimum Gasteiger partial charge on any atom is -0.464 e. The van der Waals surface area contributed by atoms with Crippen LogP contribution >= 0.6 is 0 Å². The highest BCUT2D eigenvalue weighted by molar-refractivity contribution is 5.69. The average molecular weight is 290 g/mol. The van der Waals surface area contributed by atoms with Gasteiger partial charge in [-0.2, -0.15) is 0 Å². The van der Waals surface area contributed by atoms with Crippen molar-refractivity contribution in [3.63, 3.8) is 0 Å². The molecule has 0 N–H and O–H groups in total. The summed E-state index contributed by atoms with van der Waals surface area (Å²) in [7, 11) is 0. The van der Waals surface area contributed by atoms with Crippen molar-refractivity contribution in [3.05, 3.63) is 47.7 Å². The van der Waals surface area contributed by atoms with Crippen LogP contribution in [0.5, 0.6) is 0 Å². The fraction of sp³-hybridized carbons (Fsp3) is 0.500. The molecule has 3 heteroatoms. The molecule has 0 saturated heterocycles. The highest BCUT2D eigenvalue weighted by Crippen LogP contribution is 2.07. The molecule has 0 aliphatic carbocycles. The maximum Gasteiger partial charge on any atom is 0.189 e. The molecular weight excluding hydrogens is 264 g/mol. The summed E-state index contributed by atoms with van der Waals surface area (Å²) in [5.41, 5.74) is 1.09. The Morgan fingerprint density at radius 2 is 1.86 bits per heavy atom. The van der Waals surface area contributed by atoms with Crippen molar-refractivity contribution in [2.75, 3.05) is 6.79 Å². The molecule has 0 atom stereocenters. The number of rotatable bonds is 12. The molecule has 0 radical (unpaired) electrons. The van der Waals surface area contributed by atoms with E-state index in [2.05, 4.69) is 6.92 Å². The van der Waals surface area contributed by atoms with Crippen molar-refractivity contribution < 1.29 is 14.3 Å². The van der Waals surface area contributed by atoms with Gasteiger partial charge in [-0.25, -0.2) is 0 Å². The molecule has 1 aromatic rings. The van der Waals surface area contributed by atoms with Gasteiger partial charge in [-0.3, -0.25) is 4.79 Å². The lowest BCUT2D eigenvalue weighted by Crippen LogP contribution is -2.01. The van der Waals surface area contributed by atoms with Crippen molar-refractivity contribution in [2.45, 2.75) is 52.1 Å². The molecule has 0 bridgehead atoms. The summed E-state index contributed by atoms with van der Waals surface area (Å²) in [4.78, 5) is 10.9. The normalized spacial score (nSPS) is 11.4. The van der Waals surface area contributed by atoms with Gasteiger partial charge in [0.1, 0.15) is 0 Å². The van der Waals surface area contributed by atoms with E-state index in [0.717, 1.165) is 24.7 Å². The van der Waals surface area contributed by atoms with E-state index < -0.39 is 0 Å². The first kappa shape index (κ1) is 17.4. The molecule has 0 aliphatic rings. The van der Waals surface area contributed by atoms with Crippen LogP contribution in [0, 0.1) is 0 Å². The number of aldehydes is 1. The molecule has 21 heavy (non-hydrogen) atoms. The maximum absolute atomic E-state index is 10.9. The van der Waals surface area contributed by atoms with Crippen LogP contribution in [0.4, 0.5) is 0 Å². The number of carbonyl (C=O) groups excluding carboxylic acids is 1. The minimum atomic E-state index is 0.106. The second-order valence-corrected chi connectivity index (χ2v) is 5.02. The minimum absolute atomic E-state index is 0.106. The Labute approximate surface area is 128 Å². The lowest BCUT2D eigenvalue weighted by atomic mass is 10.1. The number of hydrogen-bond donors (Lipinski definition) is 0. The van der Waals surface area contributed by atoms with E-state index >= 15 is 0 Å². The average Bonchev–Trinajstić information content (AvgIpc) is 2.53. The van der Waals surface area contributed by atoms with Crippen LogP contribution in [0.1, 0.15) is 51.0 Å². The van der Waals surface area contributed by atoms with Crippen LogP contribution in [-0.2, 0) is 20.9 Å². The van der Waals surface area contributed by atoms with Crippen molar-refractivity contribution in [1.82, 2.24) is 0 Å². The summed E-state index contributed by atoms with van der Waals surface area (Å²) in [6.45, 7) is 2.80. The first-order chi connectivity index (χ1) is 10.4. The van der Waals surface area contributed by atoms with Gasteiger partial charge in [-0.15, -0.1) is 0 Å². The summed E-state index contributed by atoms with van der Waals surface area (Å²) in [5, 5.41) is 0. The highest BCUT2D eigenvalue weighted by atomic mass is 16.7. The fourth-order valence-electron chi connectivity index (χ4n) is 1.98. The lowest BCUT2D eigenvalue weighted by molar-refractivity contribution is -0.111. The molecule has 0 aliphatic heterocycles. The van der Waals surface area contributed by atoms with Crippen LogP contribution in [0.2, 0.25) is 0 Å². The number of carbonyl (C=O) groups is 1. The number of allylic oxidation sites excluding steroid dienone is 2. The molecule has 0 aromatic heterocycles. The Morgan fingerprint density at radius 3 is 2.57 bits per heavy atom. The van der Waals surface area contributed by atoms with Gasteiger partial charge in [-0.1, -0.05) is 62.9 Å². The van der Waals surface area contributed by atoms with E-state index in [0.29, 0.717) is 12.4 Å². The second-order valence-electron chi connectivity index (χ2n) is 5.02.